The quantitative estimate of drug-likeness (QED) is 0.395. The van der Waals surface area contributed by atoms with E-state index in [0.29, 0.717) is 35.6 Å². The van der Waals surface area contributed by atoms with Gasteiger partial charge in [-0.1, -0.05) is 0 Å². The first-order chi connectivity index (χ1) is 14.9. The van der Waals surface area contributed by atoms with Crippen molar-refractivity contribution in [3.05, 3.63) is 59.4 Å². The van der Waals surface area contributed by atoms with Gasteiger partial charge >= 0.3 is 0 Å². The molecule has 0 aliphatic carbocycles. The van der Waals surface area contributed by atoms with Gasteiger partial charge in [0.1, 0.15) is 17.3 Å². The molecule has 1 fully saturated rings. The fourth-order valence-electron chi connectivity index (χ4n) is 3.70. The summed E-state index contributed by atoms with van der Waals surface area (Å²) in [4.78, 5) is 33.5. The van der Waals surface area contributed by atoms with E-state index in [1.165, 1.54) is 19.1 Å². The number of carbonyl (C=O) groups excluding carboxylic acids is 2. The van der Waals surface area contributed by atoms with Crippen molar-refractivity contribution in [2.24, 2.45) is 0 Å². The van der Waals surface area contributed by atoms with Crippen LogP contribution >= 0.6 is 0 Å². The van der Waals surface area contributed by atoms with E-state index in [9.17, 15) is 14.7 Å². The van der Waals surface area contributed by atoms with Crippen molar-refractivity contribution < 1.29 is 24.2 Å². The zero-order valence-electron chi connectivity index (χ0n) is 18.2. The van der Waals surface area contributed by atoms with Gasteiger partial charge in [0, 0.05) is 25.0 Å². The van der Waals surface area contributed by atoms with Crippen molar-refractivity contribution in [1.82, 2.24) is 14.8 Å². The van der Waals surface area contributed by atoms with Gasteiger partial charge in [-0.3, -0.25) is 14.6 Å². The van der Waals surface area contributed by atoms with E-state index < -0.39 is 17.7 Å². The van der Waals surface area contributed by atoms with E-state index in [0.717, 1.165) is 6.54 Å². The standard InChI is InChI=1S/C23H27N3O5/c1-25(2)12-5-13-26-20(15-8-10-24-11-9-15)19(22(28)23(26)29)21(27)17-7-6-16(30-3)14-18(17)31-4/h6-11,14,20,27H,5,12-13H2,1-4H3/b21-19+/t20-/m0/s1. The Morgan fingerprint density at radius 2 is 1.84 bits per heavy atom. The summed E-state index contributed by atoms with van der Waals surface area (Å²) in [7, 11) is 6.89. The maximum absolute atomic E-state index is 13.0. The number of aliphatic hydroxyl groups excluding tert-OH is 1. The molecule has 0 radical (unpaired) electrons. The van der Waals surface area contributed by atoms with Crippen molar-refractivity contribution in [3.63, 3.8) is 0 Å². The molecule has 1 aromatic carbocycles. The van der Waals surface area contributed by atoms with Gasteiger partial charge in [-0.15, -0.1) is 0 Å². The number of methoxy groups -OCH3 is 2. The number of hydrogen-bond acceptors (Lipinski definition) is 7. The maximum atomic E-state index is 13.0. The number of likely N-dealkylation sites (tertiary alicyclic amines) is 1. The van der Waals surface area contributed by atoms with E-state index in [2.05, 4.69) is 4.98 Å². The fourth-order valence-corrected chi connectivity index (χ4v) is 3.70. The van der Waals surface area contributed by atoms with Gasteiger partial charge in [-0.05, 0) is 56.9 Å². The minimum Gasteiger partial charge on any atom is -0.507 e. The number of nitrogens with zero attached hydrogens (tertiary/aromatic N) is 3. The predicted molar refractivity (Wildman–Crippen MR) is 116 cm³/mol. The highest BCUT2D eigenvalue weighted by molar-refractivity contribution is 6.46. The molecule has 164 valence electrons. The number of pyridine rings is 1. The Morgan fingerprint density at radius 3 is 2.45 bits per heavy atom. The Morgan fingerprint density at radius 1 is 1.13 bits per heavy atom. The van der Waals surface area contributed by atoms with Crippen LogP contribution in [0.25, 0.3) is 5.76 Å². The summed E-state index contributed by atoms with van der Waals surface area (Å²) < 4.78 is 10.6. The second kappa shape index (κ2) is 9.61. The first-order valence-corrected chi connectivity index (χ1v) is 9.94. The summed E-state index contributed by atoms with van der Waals surface area (Å²) >= 11 is 0. The Bertz CT molecular complexity index is 988. The summed E-state index contributed by atoms with van der Waals surface area (Å²) in [6.45, 7) is 1.14. The van der Waals surface area contributed by atoms with E-state index in [-0.39, 0.29) is 11.3 Å². The van der Waals surface area contributed by atoms with E-state index in [4.69, 9.17) is 9.47 Å². The molecule has 0 unspecified atom stereocenters. The minimum absolute atomic E-state index is 0.0320. The highest BCUT2D eigenvalue weighted by Crippen LogP contribution is 2.41. The van der Waals surface area contributed by atoms with Gasteiger partial charge in [0.15, 0.2) is 0 Å². The Kier molecular flexibility index (Phi) is 6.91. The van der Waals surface area contributed by atoms with Gasteiger partial charge in [0.25, 0.3) is 11.7 Å². The van der Waals surface area contributed by atoms with Crippen LogP contribution in [0.5, 0.6) is 11.5 Å². The summed E-state index contributed by atoms with van der Waals surface area (Å²) in [5, 5.41) is 11.2. The maximum Gasteiger partial charge on any atom is 0.295 e. The summed E-state index contributed by atoms with van der Waals surface area (Å²) in [6.07, 6.45) is 3.89. The van der Waals surface area contributed by atoms with Crippen LogP contribution in [0.15, 0.2) is 48.3 Å². The Hall–Kier alpha value is -3.39. The molecule has 3 rings (SSSR count). The van der Waals surface area contributed by atoms with Crippen LogP contribution in [0.2, 0.25) is 0 Å². The van der Waals surface area contributed by atoms with Crippen molar-refractivity contribution in [3.8, 4) is 11.5 Å². The molecule has 1 amide bonds. The first-order valence-electron chi connectivity index (χ1n) is 9.94. The summed E-state index contributed by atoms with van der Waals surface area (Å²) in [5.74, 6) is -0.751. The molecule has 1 atom stereocenters. The molecule has 1 saturated heterocycles. The van der Waals surface area contributed by atoms with Gasteiger partial charge < -0.3 is 24.4 Å². The lowest BCUT2D eigenvalue weighted by molar-refractivity contribution is -0.139. The number of benzene rings is 1. The lowest BCUT2D eigenvalue weighted by atomic mass is 9.95. The number of carbonyl (C=O) groups is 2. The van der Waals surface area contributed by atoms with Crippen molar-refractivity contribution >= 4 is 17.4 Å². The Labute approximate surface area is 181 Å². The number of amides is 1. The smallest absolute Gasteiger partial charge is 0.295 e. The zero-order valence-corrected chi connectivity index (χ0v) is 18.2. The van der Waals surface area contributed by atoms with Crippen LogP contribution in [0.4, 0.5) is 0 Å². The predicted octanol–water partition coefficient (Wildman–Crippen LogP) is 2.47. The van der Waals surface area contributed by atoms with Gasteiger partial charge in [0.05, 0.1) is 31.4 Å². The van der Waals surface area contributed by atoms with Crippen LogP contribution in [-0.2, 0) is 9.59 Å². The topological polar surface area (TPSA) is 92.2 Å². The number of ether oxygens (including phenoxy) is 2. The third-order valence-electron chi connectivity index (χ3n) is 5.23. The van der Waals surface area contributed by atoms with E-state index in [1.54, 1.807) is 42.7 Å². The molecule has 0 saturated carbocycles. The average molecular weight is 425 g/mol. The molecule has 2 heterocycles. The first kappa shape index (κ1) is 22.3. The third-order valence-corrected chi connectivity index (χ3v) is 5.23. The molecular weight excluding hydrogens is 398 g/mol. The van der Waals surface area contributed by atoms with Crippen LogP contribution in [-0.4, -0.2) is 73.0 Å². The molecule has 2 aromatic rings. The molecular formula is C23H27N3O5. The number of rotatable bonds is 8. The van der Waals surface area contributed by atoms with Gasteiger partial charge in [-0.2, -0.15) is 0 Å². The summed E-state index contributed by atoms with van der Waals surface area (Å²) in [6, 6.07) is 7.66. The fraction of sp³-hybridized carbons (Fsp3) is 0.348. The molecule has 31 heavy (non-hydrogen) atoms. The second-order valence-electron chi connectivity index (χ2n) is 7.50. The van der Waals surface area contributed by atoms with E-state index in [1.807, 2.05) is 19.0 Å². The van der Waals surface area contributed by atoms with Gasteiger partial charge in [0.2, 0.25) is 0 Å². The molecule has 8 nitrogen and oxygen atoms in total. The number of aromatic nitrogens is 1. The lowest BCUT2D eigenvalue weighted by Gasteiger charge is -2.26. The summed E-state index contributed by atoms with van der Waals surface area (Å²) in [5.41, 5.74) is 1.05. The highest BCUT2D eigenvalue weighted by Gasteiger charge is 2.46. The van der Waals surface area contributed by atoms with Crippen LogP contribution < -0.4 is 9.47 Å². The molecule has 1 aliphatic heterocycles. The van der Waals surface area contributed by atoms with Crippen LogP contribution in [0, 0.1) is 0 Å². The normalized spacial score (nSPS) is 18.0. The average Bonchev–Trinajstić information content (AvgIpc) is 3.03. The van der Waals surface area contributed by atoms with Crippen molar-refractivity contribution in [1.29, 1.82) is 0 Å². The zero-order chi connectivity index (χ0) is 22.5. The lowest BCUT2D eigenvalue weighted by Crippen LogP contribution is -2.32. The minimum atomic E-state index is -0.720. The number of aliphatic hydroxyl groups is 1. The number of ketones is 1. The second-order valence-corrected chi connectivity index (χ2v) is 7.50. The highest BCUT2D eigenvalue weighted by atomic mass is 16.5. The molecule has 0 bridgehead atoms. The van der Waals surface area contributed by atoms with Crippen LogP contribution in [0.3, 0.4) is 0 Å². The molecule has 1 N–H and O–H groups in total. The largest absolute Gasteiger partial charge is 0.507 e. The SMILES string of the molecule is COc1ccc(/C(O)=C2\C(=O)C(=O)N(CCCN(C)C)[C@H]2c2ccncc2)c(OC)c1. The van der Waals surface area contributed by atoms with Crippen LogP contribution in [0.1, 0.15) is 23.6 Å². The third kappa shape index (κ3) is 4.54. The molecule has 1 aromatic heterocycles. The van der Waals surface area contributed by atoms with E-state index >= 15 is 0 Å². The Balaban J connectivity index is 2.12. The molecule has 8 heteroatoms. The molecule has 0 spiro atoms. The molecule has 1 aliphatic rings. The monoisotopic (exact) mass is 425 g/mol. The number of hydrogen-bond donors (Lipinski definition) is 1. The van der Waals surface area contributed by atoms with Crippen molar-refractivity contribution in [2.45, 2.75) is 12.5 Å². The van der Waals surface area contributed by atoms with Crippen molar-refractivity contribution in [2.75, 3.05) is 41.4 Å². The van der Waals surface area contributed by atoms with Gasteiger partial charge in [-0.25, -0.2) is 0 Å². The number of Topliss-reactive ketones (excluding diaryl/α,β-unsaturated/α-hetero) is 1.